The Balaban J connectivity index is 2.02. The number of aromatic nitrogens is 3. The highest BCUT2D eigenvalue weighted by atomic mass is 16.3. The molecule has 0 saturated heterocycles. The summed E-state index contributed by atoms with van der Waals surface area (Å²) in [5, 5.41) is 18.3. The highest BCUT2D eigenvalue weighted by Gasteiger charge is 2.09. The number of aliphatic hydroxyl groups is 1. The van der Waals surface area contributed by atoms with Crippen LogP contribution >= 0.6 is 0 Å². The first kappa shape index (κ1) is 14.2. The second kappa shape index (κ2) is 6.81. The molecular formula is C14H18N4O2. The van der Waals surface area contributed by atoms with Crippen molar-refractivity contribution < 1.29 is 9.90 Å². The molecule has 2 aromatic rings. The fourth-order valence-corrected chi connectivity index (χ4v) is 1.84. The smallest absolute Gasteiger partial charge is 0.251 e. The third-order valence-corrected chi connectivity index (χ3v) is 3.05. The van der Waals surface area contributed by atoms with Gasteiger partial charge in [-0.3, -0.25) is 9.89 Å². The molecule has 0 spiro atoms. The Morgan fingerprint density at radius 1 is 1.50 bits per heavy atom. The van der Waals surface area contributed by atoms with Crippen LogP contribution < -0.4 is 5.32 Å². The normalized spacial score (nSPS) is 12.1. The molecule has 20 heavy (non-hydrogen) atoms. The Morgan fingerprint density at radius 3 is 3.05 bits per heavy atom. The number of hydrogen-bond acceptors (Lipinski definition) is 4. The molecule has 1 aromatic heterocycles. The second-order valence-corrected chi connectivity index (χ2v) is 4.74. The first-order valence-electron chi connectivity index (χ1n) is 6.55. The lowest BCUT2D eigenvalue weighted by molar-refractivity contribution is 0.0945. The molecule has 1 unspecified atom stereocenters. The van der Waals surface area contributed by atoms with Crippen LogP contribution in [0.2, 0.25) is 0 Å². The van der Waals surface area contributed by atoms with Crippen molar-refractivity contribution in [3.63, 3.8) is 0 Å². The zero-order valence-corrected chi connectivity index (χ0v) is 11.3. The van der Waals surface area contributed by atoms with Gasteiger partial charge in [0.15, 0.2) is 5.82 Å². The number of carbonyl (C=O) groups is 1. The minimum absolute atomic E-state index is 0.129. The van der Waals surface area contributed by atoms with E-state index in [9.17, 15) is 4.79 Å². The van der Waals surface area contributed by atoms with Crippen molar-refractivity contribution in [1.29, 1.82) is 0 Å². The van der Waals surface area contributed by atoms with Crippen LogP contribution in [-0.4, -0.2) is 39.3 Å². The Morgan fingerprint density at radius 2 is 2.35 bits per heavy atom. The van der Waals surface area contributed by atoms with Gasteiger partial charge < -0.3 is 10.4 Å². The van der Waals surface area contributed by atoms with Crippen LogP contribution in [0.15, 0.2) is 30.6 Å². The number of nitrogens with one attached hydrogen (secondary N) is 2. The van der Waals surface area contributed by atoms with Gasteiger partial charge in [0.1, 0.15) is 6.33 Å². The van der Waals surface area contributed by atoms with Crippen LogP contribution in [0.25, 0.3) is 11.4 Å². The van der Waals surface area contributed by atoms with E-state index in [0.717, 1.165) is 5.56 Å². The van der Waals surface area contributed by atoms with Gasteiger partial charge in [0, 0.05) is 24.3 Å². The fraction of sp³-hybridized carbons (Fsp3) is 0.357. The Hall–Kier alpha value is -2.21. The summed E-state index contributed by atoms with van der Waals surface area (Å²) >= 11 is 0. The maximum absolute atomic E-state index is 12.1. The lowest BCUT2D eigenvalue weighted by Crippen LogP contribution is -2.28. The van der Waals surface area contributed by atoms with Crippen LogP contribution in [0, 0.1) is 5.92 Å². The molecule has 2 rings (SSSR count). The molecule has 1 heterocycles. The van der Waals surface area contributed by atoms with E-state index < -0.39 is 0 Å². The predicted octanol–water partition coefficient (Wildman–Crippen LogP) is 1.22. The average Bonchev–Trinajstić information content (AvgIpc) is 2.99. The Labute approximate surface area is 117 Å². The minimum atomic E-state index is -0.129. The van der Waals surface area contributed by atoms with Crippen LogP contribution in [0.3, 0.4) is 0 Å². The van der Waals surface area contributed by atoms with E-state index in [0.29, 0.717) is 24.4 Å². The van der Waals surface area contributed by atoms with Crippen LogP contribution in [0.5, 0.6) is 0 Å². The number of H-pyrrole nitrogens is 1. The van der Waals surface area contributed by atoms with Gasteiger partial charge in [-0.15, -0.1) is 0 Å². The third kappa shape index (κ3) is 3.64. The number of nitrogens with zero attached hydrogens (tertiary/aromatic N) is 2. The number of aliphatic hydroxyl groups excluding tert-OH is 1. The molecule has 0 bridgehead atoms. The molecule has 1 atom stereocenters. The van der Waals surface area contributed by atoms with Crippen LogP contribution in [0.1, 0.15) is 23.7 Å². The third-order valence-electron chi connectivity index (χ3n) is 3.05. The van der Waals surface area contributed by atoms with Gasteiger partial charge in [0.2, 0.25) is 0 Å². The van der Waals surface area contributed by atoms with Crippen molar-refractivity contribution >= 4 is 5.91 Å². The summed E-state index contributed by atoms with van der Waals surface area (Å²) in [4.78, 5) is 16.1. The van der Waals surface area contributed by atoms with E-state index >= 15 is 0 Å². The average molecular weight is 274 g/mol. The van der Waals surface area contributed by atoms with Crippen molar-refractivity contribution in [3.8, 4) is 11.4 Å². The lowest BCUT2D eigenvalue weighted by atomic mass is 10.1. The van der Waals surface area contributed by atoms with E-state index in [1.54, 1.807) is 12.1 Å². The van der Waals surface area contributed by atoms with Crippen molar-refractivity contribution in [2.45, 2.75) is 13.3 Å². The van der Waals surface area contributed by atoms with E-state index in [1.165, 1.54) is 6.33 Å². The first-order valence-corrected chi connectivity index (χ1v) is 6.55. The summed E-state index contributed by atoms with van der Waals surface area (Å²) in [6.07, 6.45) is 2.11. The molecule has 0 fully saturated rings. The first-order chi connectivity index (χ1) is 9.70. The van der Waals surface area contributed by atoms with Gasteiger partial charge in [-0.1, -0.05) is 19.1 Å². The molecule has 0 saturated carbocycles. The number of hydrogen-bond donors (Lipinski definition) is 3. The second-order valence-electron chi connectivity index (χ2n) is 4.74. The topological polar surface area (TPSA) is 90.9 Å². The zero-order valence-electron chi connectivity index (χ0n) is 11.3. The van der Waals surface area contributed by atoms with Crippen molar-refractivity contribution in [1.82, 2.24) is 20.5 Å². The molecule has 1 amide bonds. The van der Waals surface area contributed by atoms with Gasteiger partial charge in [0.05, 0.1) is 0 Å². The molecule has 6 heteroatoms. The number of carbonyl (C=O) groups excluding carboxylic acids is 1. The van der Waals surface area contributed by atoms with Gasteiger partial charge >= 0.3 is 0 Å². The standard InChI is InChI=1S/C14H18N4O2/c1-10(5-6-19)8-15-14(20)12-4-2-3-11(7-12)13-16-9-17-18-13/h2-4,7,9-10,19H,5-6,8H2,1H3,(H,15,20)(H,16,17,18). The maximum atomic E-state index is 12.1. The van der Waals surface area contributed by atoms with Crippen molar-refractivity contribution in [2.24, 2.45) is 5.92 Å². The monoisotopic (exact) mass is 274 g/mol. The lowest BCUT2D eigenvalue weighted by Gasteiger charge is -2.11. The molecule has 0 aliphatic heterocycles. The molecule has 3 N–H and O–H groups in total. The largest absolute Gasteiger partial charge is 0.396 e. The molecule has 0 aliphatic carbocycles. The number of rotatable bonds is 6. The van der Waals surface area contributed by atoms with Gasteiger partial charge in [-0.25, -0.2) is 4.98 Å². The maximum Gasteiger partial charge on any atom is 0.251 e. The summed E-state index contributed by atoms with van der Waals surface area (Å²) in [6, 6.07) is 7.20. The molecule has 0 aliphatic rings. The fourth-order valence-electron chi connectivity index (χ4n) is 1.84. The highest BCUT2D eigenvalue weighted by molar-refractivity contribution is 5.95. The number of aromatic amines is 1. The van der Waals surface area contributed by atoms with Gasteiger partial charge in [-0.2, -0.15) is 5.10 Å². The summed E-state index contributed by atoms with van der Waals surface area (Å²) in [5.74, 6) is 0.755. The van der Waals surface area contributed by atoms with E-state index in [1.807, 2.05) is 19.1 Å². The van der Waals surface area contributed by atoms with Gasteiger partial charge in [0.25, 0.3) is 5.91 Å². The summed E-state index contributed by atoms with van der Waals surface area (Å²) in [6.45, 7) is 2.67. The minimum Gasteiger partial charge on any atom is -0.396 e. The SMILES string of the molecule is CC(CCO)CNC(=O)c1cccc(-c2ncn[nH]2)c1. The Bertz CT molecular complexity index is 554. The molecule has 1 aromatic carbocycles. The van der Waals surface area contributed by atoms with E-state index in [-0.39, 0.29) is 18.4 Å². The van der Waals surface area contributed by atoms with Crippen LogP contribution in [-0.2, 0) is 0 Å². The van der Waals surface area contributed by atoms with Crippen molar-refractivity contribution in [2.75, 3.05) is 13.2 Å². The number of benzene rings is 1. The predicted molar refractivity (Wildman–Crippen MR) is 75.0 cm³/mol. The summed E-state index contributed by atoms with van der Waals surface area (Å²) in [7, 11) is 0. The summed E-state index contributed by atoms with van der Waals surface area (Å²) in [5.41, 5.74) is 1.40. The molecular weight excluding hydrogens is 256 g/mol. The quantitative estimate of drug-likeness (QED) is 0.738. The zero-order chi connectivity index (χ0) is 14.4. The van der Waals surface area contributed by atoms with Crippen molar-refractivity contribution in [3.05, 3.63) is 36.2 Å². The van der Waals surface area contributed by atoms with E-state index in [4.69, 9.17) is 5.11 Å². The Kier molecular flexibility index (Phi) is 4.84. The summed E-state index contributed by atoms with van der Waals surface area (Å²) < 4.78 is 0. The van der Waals surface area contributed by atoms with Crippen LogP contribution in [0.4, 0.5) is 0 Å². The highest BCUT2D eigenvalue weighted by Crippen LogP contribution is 2.15. The van der Waals surface area contributed by atoms with Gasteiger partial charge in [-0.05, 0) is 24.5 Å². The molecule has 6 nitrogen and oxygen atoms in total. The number of amides is 1. The van der Waals surface area contributed by atoms with E-state index in [2.05, 4.69) is 20.5 Å². The molecule has 106 valence electrons. The molecule has 0 radical (unpaired) electrons.